The van der Waals surface area contributed by atoms with Crippen LogP contribution in [0.4, 0.5) is 5.69 Å². The third kappa shape index (κ3) is 6.31. The van der Waals surface area contributed by atoms with E-state index in [-0.39, 0.29) is 17.3 Å². The van der Waals surface area contributed by atoms with Gasteiger partial charge in [0.05, 0.1) is 15.9 Å². The zero-order chi connectivity index (χ0) is 27.4. The Morgan fingerprint density at radius 2 is 1.76 bits per heavy atom. The molecule has 38 heavy (non-hydrogen) atoms. The number of hydrogen-bond donors (Lipinski definition) is 1. The lowest BCUT2D eigenvalue weighted by Gasteiger charge is -2.29. The Hall–Kier alpha value is -2.66. The number of benzene rings is 3. The summed E-state index contributed by atoms with van der Waals surface area (Å²) in [5.41, 5.74) is 3.04. The number of aryl methyl sites for hydroxylation is 1. The van der Waals surface area contributed by atoms with Gasteiger partial charge in [0.2, 0.25) is 0 Å². The Kier molecular flexibility index (Phi) is 9.30. The Balaban J connectivity index is 1.65. The molecule has 0 spiro atoms. The largest absolute Gasteiger partial charge is 0.490 e. The SMILES string of the molecule is CCOc1cc(/C=C2\C(=O)NC(=S)N(c3ccc(CC)cc3)C2=O)cc(I)c1OCc1ccc(Cl)cc1Cl. The third-order valence-electron chi connectivity index (χ3n) is 5.73. The van der Waals surface area contributed by atoms with Crippen LogP contribution >= 0.6 is 58.0 Å². The highest BCUT2D eigenvalue weighted by molar-refractivity contribution is 14.1. The zero-order valence-electron chi connectivity index (χ0n) is 20.5. The van der Waals surface area contributed by atoms with Gasteiger partial charge in [-0.3, -0.25) is 19.8 Å². The Morgan fingerprint density at radius 3 is 2.42 bits per heavy atom. The van der Waals surface area contributed by atoms with Crippen molar-refractivity contribution >= 4 is 86.7 Å². The van der Waals surface area contributed by atoms with E-state index in [9.17, 15) is 9.59 Å². The highest BCUT2D eigenvalue weighted by Crippen LogP contribution is 2.36. The number of halogens is 3. The van der Waals surface area contributed by atoms with E-state index in [1.165, 1.54) is 11.0 Å². The molecular weight excluding hydrogens is 658 g/mol. The molecule has 0 aromatic heterocycles. The van der Waals surface area contributed by atoms with Crippen molar-refractivity contribution in [2.75, 3.05) is 11.5 Å². The van der Waals surface area contributed by atoms with Gasteiger partial charge < -0.3 is 9.47 Å². The van der Waals surface area contributed by atoms with Crippen LogP contribution in [0.3, 0.4) is 0 Å². The smallest absolute Gasteiger partial charge is 0.270 e. The van der Waals surface area contributed by atoms with Crippen LogP contribution in [0, 0.1) is 3.57 Å². The number of nitrogens with one attached hydrogen (secondary N) is 1. The van der Waals surface area contributed by atoms with Gasteiger partial charge in [0, 0.05) is 15.6 Å². The van der Waals surface area contributed by atoms with Crippen LogP contribution in [0.1, 0.15) is 30.5 Å². The zero-order valence-corrected chi connectivity index (χ0v) is 25.0. The van der Waals surface area contributed by atoms with E-state index < -0.39 is 11.8 Å². The first-order valence-electron chi connectivity index (χ1n) is 11.7. The van der Waals surface area contributed by atoms with Crippen LogP contribution < -0.4 is 19.7 Å². The summed E-state index contributed by atoms with van der Waals surface area (Å²) in [4.78, 5) is 27.5. The summed E-state index contributed by atoms with van der Waals surface area (Å²) in [5, 5.41) is 3.70. The molecule has 2 amide bonds. The number of hydrogen-bond acceptors (Lipinski definition) is 5. The molecule has 1 aliphatic heterocycles. The minimum atomic E-state index is -0.563. The van der Waals surface area contributed by atoms with Gasteiger partial charge in [-0.25, -0.2) is 0 Å². The van der Waals surface area contributed by atoms with E-state index in [0.717, 1.165) is 21.1 Å². The topological polar surface area (TPSA) is 67.9 Å². The summed E-state index contributed by atoms with van der Waals surface area (Å²) < 4.78 is 12.6. The second kappa shape index (κ2) is 12.5. The summed E-state index contributed by atoms with van der Waals surface area (Å²) in [5.74, 6) is -0.0674. The van der Waals surface area contributed by atoms with Crippen LogP contribution in [0.5, 0.6) is 11.5 Å². The van der Waals surface area contributed by atoms with Gasteiger partial charge in [-0.05, 0) is 102 Å². The Morgan fingerprint density at radius 1 is 1.03 bits per heavy atom. The predicted molar refractivity (Wildman–Crippen MR) is 163 cm³/mol. The van der Waals surface area contributed by atoms with Crippen molar-refractivity contribution < 1.29 is 19.1 Å². The fourth-order valence-electron chi connectivity index (χ4n) is 3.80. The van der Waals surface area contributed by atoms with Crippen molar-refractivity contribution in [3.63, 3.8) is 0 Å². The summed E-state index contributed by atoms with van der Waals surface area (Å²) in [6.07, 6.45) is 2.39. The van der Waals surface area contributed by atoms with Gasteiger partial charge >= 0.3 is 0 Å². The fourth-order valence-corrected chi connectivity index (χ4v) is 5.33. The van der Waals surface area contributed by atoms with Crippen LogP contribution in [0.2, 0.25) is 10.0 Å². The van der Waals surface area contributed by atoms with Crippen molar-refractivity contribution in [3.8, 4) is 11.5 Å². The van der Waals surface area contributed by atoms with Gasteiger partial charge in [0.25, 0.3) is 11.8 Å². The number of nitrogens with zero attached hydrogens (tertiary/aromatic N) is 1. The molecule has 0 saturated carbocycles. The van der Waals surface area contributed by atoms with E-state index in [2.05, 4.69) is 27.9 Å². The molecule has 3 aromatic rings. The molecule has 1 heterocycles. The summed E-state index contributed by atoms with van der Waals surface area (Å²) in [7, 11) is 0. The summed E-state index contributed by atoms with van der Waals surface area (Å²) in [6, 6.07) is 16.2. The van der Waals surface area contributed by atoms with Crippen LogP contribution in [0.25, 0.3) is 6.08 Å². The van der Waals surface area contributed by atoms with Gasteiger partial charge in [0.15, 0.2) is 16.6 Å². The second-order valence-electron chi connectivity index (χ2n) is 8.27. The monoisotopic (exact) mass is 680 g/mol. The molecule has 3 aromatic carbocycles. The first-order chi connectivity index (χ1) is 18.2. The number of carbonyl (C=O) groups is 2. The Labute approximate surface area is 250 Å². The highest BCUT2D eigenvalue weighted by Gasteiger charge is 2.34. The summed E-state index contributed by atoms with van der Waals surface area (Å²) in [6.45, 7) is 4.51. The second-order valence-corrected chi connectivity index (χ2v) is 10.7. The van der Waals surface area contributed by atoms with E-state index in [4.69, 9.17) is 44.9 Å². The lowest BCUT2D eigenvalue weighted by molar-refractivity contribution is -0.122. The standard InChI is InChI=1S/C28H23Cl2IN2O4S/c1-3-16-5-9-20(10-6-16)33-27(35)21(26(34)32-28(33)38)11-17-12-23(31)25(24(13-17)36-4-2)37-15-18-7-8-19(29)14-22(18)30/h5-14H,3-4,15H2,1-2H3,(H,32,34,38)/b21-11+. The van der Waals surface area contributed by atoms with Crippen molar-refractivity contribution in [3.05, 3.63) is 90.5 Å². The van der Waals surface area contributed by atoms with Gasteiger partial charge in [-0.15, -0.1) is 0 Å². The molecule has 0 atom stereocenters. The number of rotatable bonds is 8. The van der Waals surface area contributed by atoms with E-state index in [1.807, 2.05) is 44.2 Å². The number of ether oxygens (including phenoxy) is 2. The molecule has 1 fully saturated rings. The van der Waals surface area contributed by atoms with Crippen molar-refractivity contribution in [2.24, 2.45) is 0 Å². The first kappa shape index (κ1) is 28.4. The van der Waals surface area contributed by atoms with Gasteiger partial charge in [0.1, 0.15) is 12.2 Å². The van der Waals surface area contributed by atoms with Crippen molar-refractivity contribution in [1.29, 1.82) is 0 Å². The third-order valence-corrected chi connectivity index (χ3v) is 7.41. The first-order valence-corrected chi connectivity index (χ1v) is 14.0. The number of amides is 2. The molecule has 1 saturated heterocycles. The van der Waals surface area contributed by atoms with Gasteiger partial charge in [-0.2, -0.15) is 0 Å². The van der Waals surface area contributed by atoms with E-state index in [0.29, 0.717) is 39.4 Å². The average Bonchev–Trinajstić information content (AvgIpc) is 2.87. The maximum atomic E-state index is 13.4. The molecule has 1 N–H and O–H groups in total. The van der Waals surface area contributed by atoms with Crippen molar-refractivity contribution in [2.45, 2.75) is 26.9 Å². The van der Waals surface area contributed by atoms with E-state index >= 15 is 0 Å². The van der Waals surface area contributed by atoms with Gasteiger partial charge in [-0.1, -0.05) is 48.3 Å². The van der Waals surface area contributed by atoms with Crippen LogP contribution in [-0.2, 0) is 22.6 Å². The number of carbonyl (C=O) groups excluding carboxylic acids is 2. The Bertz CT molecular complexity index is 1440. The highest BCUT2D eigenvalue weighted by atomic mass is 127. The normalized spacial score (nSPS) is 14.6. The minimum absolute atomic E-state index is 0.0376. The fraction of sp³-hybridized carbons (Fsp3) is 0.179. The molecular formula is C28H23Cl2IN2O4S. The lowest BCUT2D eigenvalue weighted by atomic mass is 10.1. The molecule has 0 bridgehead atoms. The average molecular weight is 681 g/mol. The molecule has 6 nitrogen and oxygen atoms in total. The molecule has 0 unspecified atom stereocenters. The quantitative estimate of drug-likeness (QED) is 0.121. The van der Waals surface area contributed by atoms with Crippen molar-refractivity contribution in [1.82, 2.24) is 5.32 Å². The number of thiocarbonyl (C=S) groups is 1. The predicted octanol–water partition coefficient (Wildman–Crippen LogP) is 6.97. The lowest BCUT2D eigenvalue weighted by Crippen LogP contribution is -2.54. The summed E-state index contributed by atoms with van der Waals surface area (Å²) >= 11 is 19.7. The maximum absolute atomic E-state index is 13.4. The minimum Gasteiger partial charge on any atom is -0.490 e. The molecule has 10 heteroatoms. The molecule has 196 valence electrons. The van der Waals surface area contributed by atoms with Crippen LogP contribution in [-0.4, -0.2) is 23.5 Å². The maximum Gasteiger partial charge on any atom is 0.270 e. The van der Waals surface area contributed by atoms with E-state index in [1.54, 1.807) is 24.3 Å². The molecule has 1 aliphatic rings. The number of anilines is 1. The molecule has 0 aliphatic carbocycles. The van der Waals surface area contributed by atoms with Crippen LogP contribution in [0.15, 0.2) is 60.2 Å². The molecule has 4 rings (SSSR count). The molecule has 0 radical (unpaired) electrons.